The number of hydrogen-bond acceptors (Lipinski definition) is 2. The number of nitrogens with two attached hydrogens (primary N) is 1. The molecule has 116 valence electrons. The molecule has 0 fully saturated rings. The molecule has 0 heterocycles. The van der Waals surface area contributed by atoms with Gasteiger partial charge in [0.1, 0.15) is 0 Å². The minimum atomic E-state index is -4.44. The van der Waals surface area contributed by atoms with Gasteiger partial charge in [-0.05, 0) is 17.8 Å². The Morgan fingerprint density at radius 1 is 1.23 bits per heavy atom. The average molecular weight is 444 g/mol. The first-order chi connectivity index (χ1) is 9.88. The Kier molecular flexibility index (Phi) is 6.79. The van der Waals surface area contributed by atoms with Crippen molar-refractivity contribution in [2.24, 2.45) is 5.73 Å². The van der Waals surface area contributed by atoms with Gasteiger partial charge in [0.2, 0.25) is 5.91 Å². The Balaban J connectivity index is 0.00000242. The van der Waals surface area contributed by atoms with Crippen LogP contribution < -0.4 is 11.1 Å². The molecule has 2 aromatic carbocycles. The molecule has 0 bridgehead atoms. The Labute approximate surface area is 158 Å². The van der Waals surface area contributed by atoms with Crippen LogP contribution in [0.5, 0.6) is 0 Å². The number of hydrogen-bond donors (Lipinski definition) is 2. The largest absolute Gasteiger partial charge is 0.415 e. The fourth-order valence-corrected chi connectivity index (χ4v) is 1.84. The molecular weight excluding hydrogens is 432 g/mol. The molecule has 2 aromatic rings. The maximum Gasteiger partial charge on any atom is 0.415 e. The van der Waals surface area contributed by atoms with Crippen LogP contribution >= 0.6 is 0 Å². The van der Waals surface area contributed by atoms with E-state index in [1.807, 2.05) is 0 Å². The van der Waals surface area contributed by atoms with E-state index in [0.717, 1.165) is 12.1 Å². The summed E-state index contributed by atoms with van der Waals surface area (Å²) < 4.78 is 38.5. The van der Waals surface area contributed by atoms with Gasteiger partial charge in [0, 0.05) is 46.0 Å². The van der Waals surface area contributed by atoms with E-state index >= 15 is 0 Å². The summed E-state index contributed by atoms with van der Waals surface area (Å²) in [7, 11) is 0. The summed E-state index contributed by atoms with van der Waals surface area (Å²) >= 11 is 0. The Morgan fingerprint density at radius 3 is 2.50 bits per heavy atom. The maximum atomic E-state index is 12.8. The van der Waals surface area contributed by atoms with Gasteiger partial charge >= 0.3 is 6.18 Å². The normalized spacial score (nSPS) is 10.7. The van der Waals surface area contributed by atoms with Crippen molar-refractivity contribution in [3.63, 3.8) is 0 Å². The van der Waals surface area contributed by atoms with E-state index in [-0.39, 0.29) is 46.9 Å². The fraction of sp³-hybridized carbons (Fsp3) is 0.133. The number of carbonyl (C=O) groups excluding carboxylic acids is 1. The zero-order valence-corrected chi connectivity index (χ0v) is 13.9. The molecule has 2 rings (SSSR count). The predicted octanol–water partition coefficient (Wildman–Crippen LogP) is 3.07. The van der Waals surface area contributed by atoms with Gasteiger partial charge in [-0.25, -0.2) is 0 Å². The molecule has 0 spiro atoms. The van der Waals surface area contributed by atoms with Crippen LogP contribution in [0.3, 0.4) is 0 Å². The van der Waals surface area contributed by atoms with Gasteiger partial charge in [-0.3, -0.25) is 4.79 Å². The van der Waals surface area contributed by atoms with Crippen LogP contribution in [0, 0.1) is 46.5 Å². The minimum absolute atomic E-state index is 0. The summed E-state index contributed by atoms with van der Waals surface area (Å²) in [4.78, 5) is 10.8. The molecule has 3 nitrogen and oxygen atoms in total. The zero-order valence-electron chi connectivity index (χ0n) is 11.3. The molecule has 7 heteroatoms. The van der Waals surface area contributed by atoms with Gasteiger partial charge in [0.25, 0.3) is 0 Å². The van der Waals surface area contributed by atoms with Gasteiger partial charge in [-0.15, -0.1) is 35.9 Å². The third-order valence-corrected chi connectivity index (χ3v) is 2.80. The van der Waals surface area contributed by atoms with Gasteiger partial charge in [-0.2, -0.15) is 13.2 Å². The van der Waals surface area contributed by atoms with Gasteiger partial charge in [-0.1, -0.05) is 11.6 Å². The first-order valence-corrected chi connectivity index (χ1v) is 6.08. The van der Waals surface area contributed by atoms with Crippen LogP contribution in [0.15, 0.2) is 42.5 Å². The summed E-state index contributed by atoms with van der Waals surface area (Å²) in [5.74, 6) is -0.599. The Bertz CT molecular complexity index is 645. The number of anilines is 1. The second kappa shape index (κ2) is 7.91. The molecular formula is C15H12F3N2OSm-. The first kappa shape index (κ1) is 18.9. The van der Waals surface area contributed by atoms with E-state index < -0.39 is 17.6 Å². The van der Waals surface area contributed by atoms with Crippen molar-refractivity contribution in [2.75, 3.05) is 11.9 Å². The van der Waals surface area contributed by atoms with Gasteiger partial charge in [0.15, 0.2) is 0 Å². The topological polar surface area (TPSA) is 55.1 Å². The monoisotopic (exact) mass is 445 g/mol. The molecule has 0 unspecified atom stereocenters. The van der Waals surface area contributed by atoms with E-state index in [1.165, 1.54) is 6.07 Å². The quantitative estimate of drug-likeness (QED) is 0.714. The molecule has 0 radical (unpaired) electrons. The second-order valence-electron chi connectivity index (χ2n) is 4.35. The summed E-state index contributed by atoms with van der Waals surface area (Å²) in [6.07, 6.45) is -4.44. The molecule has 22 heavy (non-hydrogen) atoms. The number of primary amides is 1. The molecule has 0 aliphatic heterocycles. The zero-order chi connectivity index (χ0) is 15.5. The molecule has 0 saturated heterocycles. The first-order valence-electron chi connectivity index (χ1n) is 6.08. The number of halogens is 3. The molecule has 0 saturated carbocycles. The molecule has 0 aliphatic carbocycles. The standard InChI is InChI=1S/C15H12F3N2O.Sm/c16-15(17,18)11-6-7-13(20-9-14(19)21)12(8-11)10-4-2-1-3-5-10;/h1-4,6-8,20H,9H2,(H2,19,21);/q-1;. The minimum Gasteiger partial charge on any atom is -0.383 e. The van der Waals surface area contributed by atoms with E-state index in [2.05, 4.69) is 11.4 Å². The Morgan fingerprint density at radius 2 is 1.95 bits per heavy atom. The number of benzene rings is 2. The van der Waals surface area contributed by atoms with Crippen LogP contribution in [-0.4, -0.2) is 12.5 Å². The van der Waals surface area contributed by atoms with Crippen LogP contribution in [0.2, 0.25) is 0 Å². The van der Waals surface area contributed by atoms with Crippen molar-refractivity contribution in [1.82, 2.24) is 0 Å². The third kappa shape index (κ3) is 4.94. The van der Waals surface area contributed by atoms with Crippen LogP contribution in [0.25, 0.3) is 11.1 Å². The molecule has 0 atom stereocenters. The average Bonchev–Trinajstić information content (AvgIpc) is 2.45. The third-order valence-electron chi connectivity index (χ3n) is 2.80. The summed E-state index contributed by atoms with van der Waals surface area (Å²) in [5.41, 5.74) is 5.47. The number of alkyl halides is 3. The Hall–Kier alpha value is -1.16. The van der Waals surface area contributed by atoms with Crippen LogP contribution in [-0.2, 0) is 11.0 Å². The summed E-state index contributed by atoms with van der Waals surface area (Å²) in [5, 5.41) is 2.73. The summed E-state index contributed by atoms with van der Waals surface area (Å²) in [6.45, 7) is -0.162. The maximum absolute atomic E-state index is 12.8. The molecule has 3 N–H and O–H groups in total. The second-order valence-corrected chi connectivity index (χ2v) is 4.35. The summed E-state index contributed by atoms with van der Waals surface area (Å²) in [6, 6.07) is 12.8. The van der Waals surface area contributed by atoms with Crippen molar-refractivity contribution < 1.29 is 58.4 Å². The van der Waals surface area contributed by atoms with Crippen LogP contribution in [0.4, 0.5) is 18.9 Å². The smallest absolute Gasteiger partial charge is 0.383 e. The van der Waals surface area contributed by atoms with E-state index in [9.17, 15) is 18.0 Å². The van der Waals surface area contributed by atoms with Crippen molar-refractivity contribution in [1.29, 1.82) is 0 Å². The van der Waals surface area contributed by atoms with E-state index in [1.54, 1.807) is 24.3 Å². The number of carbonyl (C=O) groups is 1. The van der Waals surface area contributed by atoms with Crippen molar-refractivity contribution in [3.8, 4) is 11.1 Å². The van der Waals surface area contributed by atoms with Crippen LogP contribution in [0.1, 0.15) is 5.56 Å². The van der Waals surface area contributed by atoms with Gasteiger partial charge in [0.05, 0.1) is 6.54 Å². The van der Waals surface area contributed by atoms with Crippen molar-refractivity contribution >= 4 is 11.6 Å². The fourth-order valence-electron chi connectivity index (χ4n) is 1.84. The molecule has 0 aliphatic rings. The van der Waals surface area contributed by atoms with Crippen molar-refractivity contribution in [3.05, 3.63) is 54.1 Å². The number of rotatable bonds is 4. The van der Waals surface area contributed by atoms with E-state index in [4.69, 9.17) is 5.73 Å². The van der Waals surface area contributed by atoms with E-state index in [0.29, 0.717) is 16.8 Å². The van der Waals surface area contributed by atoms with Gasteiger partial charge < -0.3 is 11.1 Å². The van der Waals surface area contributed by atoms with Crippen molar-refractivity contribution in [2.45, 2.75) is 6.18 Å². The number of nitrogens with one attached hydrogen (secondary N) is 1. The molecule has 0 aromatic heterocycles. The number of amides is 1. The predicted molar refractivity (Wildman–Crippen MR) is 73.4 cm³/mol. The SMILES string of the molecule is NC(=O)CNc1ccc(C(F)(F)F)cc1-c1[c-]cccc1.[Sm]. The molecule has 1 amide bonds.